The van der Waals surface area contributed by atoms with Gasteiger partial charge in [-0.05, 0) is 42.0 Å². The Hall–Kier alpha value is -3.87. The summed E-state index contributed by atoms with van der Waals surface area (Å²) in [5.74, 6) is 0.144. The molecule has 0 aliphatic rings. The van der Waals surface area contributed by atoms with Crippen molar-refractivity contribution in [1.29, 1.82) is 0 Å². The van der Waals surface area contributed by atoms with E-state index in [0.29, 0.717) is 22.9 Å². The number of carbonyl (C=O) groups is 2. The van der Waals surface area contributed by atoms with Crippen LogP contribution in [-0.2, 0) is 11.3 Å². The normalized spacial score (nSPS) is 10.1. The number of benzene rings is 3. The van der Waals surface area contributed by atoms with Crippen molar-refractivity contribution in [1.82, 2.24) is 5.32 Å². The van der Waals surface area contributed by atoms with Crippen LogP contribution >= 0.6 is 0 Å². The summed E-state index contributed by atoms with van der Waals surface area (Å²) in [7, 11) is 0. The molecule has 29 heavy (non-hydrogen) atoms. The Bertz CT molecular complexity index is 1020. The number of hydrogen-bond acceptors (Lipinski definition) is 3. The largest absolute Gasteiger partial charge is 0.455 e. The van der Waals surface area contributed by atoms with Crippen LogP contribution in [0.5, 0.6) is 11.5 Å². The highest BCUT2D eigenvalue weighted by atomic mass is 19.1. The number of rotatable bonds is 6. The van der Waals surface area contributed by atoms with Crippen LogP contribution in [0.3, 0.4) is 0 Å². The number of hydrogen-bond donors (Lipinski definition) is 3. The van der Waals surface area contributed by atoms with Crippen molar-refractivity contribution in [3.05, 3.63) is 84.2 Å². The van der Waals surface area contributed by atoms with Crippen molar-refractivity contribution in [2.45, 2.75) is 13.5 Å². The number of nitrogens with one attached hydrogen (secondary N) is 3. The van der Waals surface area contributed by atoms with E-state index in [2.05, 4.69) is 16.0 Å². The number of urea groups is 1. The SMILES string of the molecule is CC(=O)Nc1cccc(CNC(=O)Nc2ccccc2Oc2cccc(F)c2)c1. The van der Waals surface area contributed by atoms with Crippen molar-refractivity contribution in [2.75, 3.05) is 10.6 Å². The van der Waals surface area contributed by atoms with Crippen molar-refractivity contribution < 1.29 is 18.7 Å². The first kappa shape index (κ1) is 19.9. The molecule has 0 saturated heterocycles. The van der Waals surface area contributed by atoms with Gasteiger partial charge in [-0.3, -0.25) is 4.79 Å². The van der Waals surface area contributed by atoms with E-state index in [4.69, 9.17) is 4.74 Å². The van der Waals surface area contributed by atoms with Gasteiger partial charge >= 0.3 is 6.03 Å². The monoisotopic (exact) mass is 393 g/mol. The van der Waals surface area contributed by atoms with Gasteiger partial charge in [-0.2, -0.15) is 0 Å². The first-order valence-electron chi connectivity index (χ1n) is 8.93. The van der Waals surface area contributed by atoms with Gasteiger partial charge in [0.05, 0.1) is 5.69 Å². The molecule has 0 spiro atoms. The van der Waals surface area contributed by atoms with E-state index in [1.165, 1.54) is 19.1 Å². The first-order valence-corrected chi connectivity index (χ1v) is 8.93. The van der Waals surface area contributed by atoms with E-state index < -0.39 is 11.8 Å². The van der Waals surface area contributed by atoms with Crippen LogP contribution < -0.4 is 20.7 Å². The Morgan fingerprint density at radius 1 is 0.931 bits per heavy atom. The average molecular weight is 393 g/mol. The molecular weight excluding hydrogens is 373 g/mol. The van der Waals surface area contributed by atoms with Crippen molar-refractivity contribution >= 4 is 23.3 Å². The van der Waals surface area contributed by atoms with Crippen molar-refractivity contribution in [3.63, 3.8) is 0 Å². The molecule has 7 heteroatoms. The maximum atomic E-state index is 13.4. The Balaban J connectivity index is 1.62. The van der Waals surface area contributed by atoms with Crippen molar-refractivity contribution in [3.8, 4) is 11.5 Å². The molecule has 0 heterocycles. The highest BCUT2D eigenvalue weighted by Crippen LogP contribution is 2.29. The number of amides is 3. The Morgan fingerprint density at radius 3 is 2.52 bits per heavy atom. The minimum absolute atomic E-state index is 0.164. The van der Waals surface area contributed by atoms with E-state index >= 15 is 0 Å². The second-order valence-electron chi connectivity index (χ2n) is 6.24. The van der Waals surface area contributed by atoms with Gasteiger partial charge in [-0.15, -0.1) is 0 Å². The molecule has 0 fully saturated rings. The van der Waals surface area contributed by atoms with Gasteiger partial charge in [0.1, 0.15) is 11.6 Å². The molecule has 0 aliphatic carbocycles. The second-order valence-corrected chi connectivity index (χ2v) is 6.24. The zero-order valence-corrected chi connectivity index (χ0v) is 15.7. The summed E-state index contributed by atoms with van der Waals surface area (Å²) in [6.07, 6.45) is 0. The van der Waals surface area contributed by atoms with Gasteiger partial charge in [0, 0.05) is 25.2 Å². The van der Waals surface area contributed by atoms with Crippen LogP contribution in [0.25, 0.3) is 0 Å². The highest BCUT2D eigenvalue weighted by molar-refractivity contribution is 5.91. The molecule has 0 atom stereocenters. The van der Waals surface area contributed by atoms with Crippen LogP contribution in [0.4, 0.5) is 20.6 Å². The molecule has 0 bridgehead atoms. The van der Waals surface area contributed by atoms with E-state index in [-0.39, 0.29) is 12.5 Å². The fraction of sp³-hybridized carbons (Fsp3) is 0.0909. The van der Waals surface area contributed by atoms with E-state index in [1.807, 2.05) is 6.07 Å². The maximum absolute atomic E-state index is 13.4. The van der Waals surface area contributed by atoms with E-state index in [0.717, 1.165) is 5.56 Å². The smallest absolute Gasteiger partial charge is 0.319 e. The van der Waals surface area contributed by atoms with E-state index in [1.54, 1.807) is 54.6 Å². The second kappa shape index (κ2) is 9.36. The lowest BCUT2D eigenvalue weighted by molar-refractivity contribution is -0.114. The van der Waals surface area contributed by atoms with Gasteiger partial charge < -0.3 is 20.7 Å². The molecule has 3 aromatic rings. The molecule has 0 aromatic heterocycles. The lowest BCUT2D eigenvalue weighted by Gasteiger charge is -2.13. The van der Waals surface area contributed by atoms with Crippen LogP contribution in [-0.4, -0.2) is 11.9 Å². The summed E-state index contributed by atoms with van der Waals surface area (Å²) in [5.41, 5.74) is 1.93. The molecular formula is C22H20FN3O3. The maximum Gasteiger partial charge on any atom is 0.319 e. The summed E-state index contributed by atoms with van der Waals surface area (Å²) < 4.78 is 19.0. The Kier molecular flexibility index (Phi) is 6.42. The third-order valence-corrected chi connectivity index (χ3v) is 3.86. The minimum Gasteiger partial charge on any atom is -0.455 e. The van der Waals surface area contributed by atoms with Crippen LogP contribution in [0, 0.1) is 5.82 Å². The molecule has 3 aromatic carbocycles. The summed E-state index contributed by atoms with van der Waals surface area (Å²) >= 11 is 0. The van der Waals surface area contributed by atoms with Crippen LogP contribution in [0.2, 0.25) is 0 Å². The lowest BCUT2D eigenvalue weighted by Crippen LogP contribution is -2.28. The molecule has 3 rings (SSSR count). The van der Waals surface area contributed by atoms with Gasteiger partial charge in [0.15, 0.2) is 5.75 Å². The standard InChI is InChI=1S/C22H20FN3O3/c1-15(27)25-18-8-4-6-16(12-18)14-24-22(28)26-20-10-2-3-11-21(20)29-19-9-5-7-17(23)13-19/h2-13H,14H2,1H3,(H,25,27)(H2,24,26,28). The molecule has 0 radical (unpaired) electrons. The highest BCUT2D eigenvalue weighted by Gasteiger charge is 2.09. The molecule has 3 N–H and O–H groups in total. The summed E-state index contributed by atoms with van der Waals surface area (Å²) in [6.45, 7) is 1.70. The summed E-state index contributed by atoms with van der Waals surface area (Å²) in [5, 5.41) is 8.17. The first-order chi connectivity index (χ1) is 14.0. The number of ether oxygens (including phenoxy) is 1. The van der Waals surface area contributed by atoms with Gasteiger partial charge in [0.2, 0.25) is 5.91 Å². The zero-order chi connectivity index (χ0) is 20.6. The average Bonchev–Trinajstić information content (AvgIpc) is 2.68. The number of para-hydroxylation sites is 2. The minimum atomic E-state index is -0.426. The van der Waals surface area contributed by atoms with Crippen LogP contribution in [0.1, 0.15) is 12.5 Å². The predicted molar refractivity (Wildman–Crippen MR) is 110 cm³/mol. The Labute approximate surface area is 167 Å². The summed E-state index contributed by atoms with van der Waals surface area (Å²) in [6, 6.07) is 19.4. The number of halogens is 1. The third kappa shape index (κ3) is 6.07. The lowest BCUT2D eigenvalue weighted by atomic mass is 10.2. The fourth-order valence-electron chi connectivity index (χ4n) is 2.63. The fourth-order valence-corrected chi connectivity index (χ4v) is 2.63. The van der Waals surface area contributed by atoms with Gasteiger partial charge in [-0.1, -0.05) is 30.3 Å². The van der Waals surface area contributed by atoms with Crippen molar-refractivity contribution in [2.24, 2.45) is 0 Å². The molecule has 3 amide bonds. The van der Waals surface area contributed by atoms with E-state index in [9.17, 15) is 14.0 Å². The molecule has 0 aliphatic heterocycles. The Morgan fingerprint density at radius 2 is 1.72 bits per heavy atom. The zero-order valence-electron chi connectivity index (χ0n) is 15.7. The molecule has 148 valence electrons. The summed E-state index contributed by atoms with van der Waals surface area (Å²) in [4.78, 5) is 23.5. The third-order valence-electron chi connectivity index (χ3n) is 3.86. The van der Waals surface area contributed by atoms with Crippen LogP contribution in [0.15, 0.2) is 72.8 Å². The molecule has 0 saturated carbocycles. The number of anilines is 2. The molecule has 0 unspecified atom stereocenters. The molecule has 6 nitrogen and oxygen atoms in total. The number of carbonyl (C=O) groups excluding carboxylic acids is 2. The van der Waals surface area contributed by atoms with Gasteiger partial charge in [0.25, 0.3) is 0 Å². The predicted octanol–water partition coefficient (Wildman–Crippen LogP) is 4.90. The quantitative estimate of drug-likeness (QED) is 0.557. The topological polar surface area (TPSA) is 79.5 Å². The van der Waals surface area contributed by atoms with Gasteiger partial charge in [-0.25, -0.2) is 9.18 Å².